The molecule has 0 N–H and O–H groups in total. The Labute approximate surface area is 126 Å². The maximum Gasteiger partial charge on any atom is 0.336 e. The first-order valence-electron chi connectivity index (χ1n) is 7.26. The van der Waals surface area contributed by atoms with Crippen LogP contribution in [0.5, 0.6) is 11.5 Å². The third kappa shape index (κ3) is 5.50. The van der Waals surface area contributed by atoms with Crippen LogP contribution in [0.25, 0.3) is 0 Å². The zero-order valence-electron chi connectivity index (χ0n) is 13.3. The van der Waals surface area contributed by atoms with Crippen LogP contribution in [-0.2, 0) is 16.0 Å². The van der Waals surface area contributed by atoms with Gasteiger partial charge in [-0.05, 0) is 31.9 Å². The Morgan fingerprint density at radius 3 is 2.62 bits per heavy atom. The van der Waals surface area contributed by atoms with Gasteiger partial charge in [0.2, 0.25) is 6.29 Å². The highest BCUT2D eigenvalue weighted by Gasteiger charge is 2.12. The largest absolute Gasteiger partial charge is 0.493 e. The van der Waals surface area contributed by atoms with Gasteiger partial charge in [-0.1, -0.05) is 26.0 Å². The molecule has 1 aromatic rings. The standard InChI is InChI=1S/C17H24O4/c1-6-8-14-9-10-15(11-16(14)19-7-2)20-13(5)21-17(18)12(3)4/h9-11,13H,3,6-8H2,1-2,4-5H3. The van der Waals surface area contributed by atoms with Gasteiger partial charge in [0.1, 0.15) is 11.5 Å². The van der Waals surface area contributed by atoms with Crippen molar-refractivity contribution < 1.29 is 19.0 Å². The normalized spacial score (nSPS) is 11.6. The van der Waals surface area contributed by atoms with Crippen LogP contribution in [0.4, 0.5) is 0 Å². The molecule has 1 rings (SSSR count). The molecule has 1 atom stereocenters. The van der Waals surface area contributed by atoms with Crippen LogP contribution >= 0.6 is 0 Å². The SMILES string of the molecule is C=C(C)C(=O)OC(C)Oc1ccc(CCC)c(OCC)c1. The second-order valence-corrected chi connectivity index (χ2v) is 4.82. The summed E-state index contributed by atoms with van der Waals surface area (Å²) in [5.74, 6) is 0.964. The Hall–Kier alpha value is -1.97. The molecule has 4 nitrogen and oxygen atoms in total. The van der Waals surface area contributed by atoms with Gasteiger partial charge >= 0.3 is 5.97 Å². The van der Waals surface area contributed by atoms with Crippen molar-refractivity contribution in [3.8, 4) is 11.5 Å². The second-order valence-electron chi connectivity index (χ2n) is 4.82. The molecule has 0 radical (unpaired) electrons. The molecular formula is C17H24O4. The number of hydrogen-bond acceptors (Lipinski definition) is 4. The van der Waals surface area contributed by atoms with Crippen molar-refractivity contribution in [1.29, 1.82) is 0 Å². The number of benzene rings is 1. The molecule has 0 bridgehead atoms. The van der Waals surface area contributed by atoms with Gasteiger partial charge in [0.15, 0.2) is 0 Å². The number of aryl methyl sites for hydroxylation is 1. The molecule has 116 valence electrons. The fourth-order valence-electron chi connectivity index (χ4n) is 1.84. The van der Waals surface area contributed by atoms with Crippen LogP contribution in [0.15, 0.2) is 30.4 Å². The van der Waals surface area contributed by atoms with E-state index in [1.165, 1.54) is 0 Å². The zero-order chi connectivity index (χ0) is 15.8. The minimum absolute atomic E-state index is 0.346. The lowest BCUT2D eigenvalue weighted by Gasteiger charge is -2.17. The number of carbonyl (C=O) groups excluding carboxylic acids is 1. The monoisotopic (exact) mass is 292 g/mol. The maximum absolute atomic E-state index is 11.4. The smallest absolute Gasteiger partial charge is 0.336 e. The van der Waals surface area contributed by atoms with E-state index in [0.29, 0.717) is 17.9 Å². The Kier molecular flexibility index (Phi) is 6.79. The van der Waals surface area contributed by atoms with E-state index in [1.54, 1.807) is 13.8 Å². The average molecular weight is 292 g/mol. The van der Waals surface area contributed by atoms with Gasteiger partial charge in [0.05, 0.1) is 6.61 Å². The Balaban J connectivity index is 2.76. The highest BCUT2D eigenvalue weighted by molar-refractivity contribution is 5.87. The van der Waals surface area contributed by atoms with E-state index in [0.717, 1.165) is 24.2 Å². The molecule has 0 aliphatic rings. The van der Waals surface area contributed by atoms with Crippen LogP contribution in [0.3, 0.4) is 0 Å². The number of ether oxygens (including phenoxy) is 3. The first-order valence-corrected chi connectivity index (χ1v) is 7.26. The van der Waals surface area contributed by atoms with Gasteiger partial charge in [-0.15, -0.1) is 0 Å². The molecule has 0 saturated heterocycles. The second kappa shape index (κ2) is 8.35. The van der Waals surface area contributed by atoms with Crippen molar-refractivity contribution in [2.45, 2.75) is 46.8 Å². The molecule has 21 heavy (non-hydrogen) atoms. The summed E-state index contributed by atoms with van der Waals surface area (Å²) in [6.07, 6.45) is 1.32. The highest BCUT2D eigenvalue weighted by atomic mass is 16.7. The van der Waals surface area contributed by atoms with Crippen molar-refractivity contribution in [3.63, 3.8) is 0 Å². The Morgan fingerprint density at radius 2 is 2.05 bits per heavy atom. The van der Waals surface area contributed by atoms with E-state index in [9.17, 15) is 4.79 Å². The zero-order valence-corrected chi connectivity index (χ0v) is 13.3. The molecule has 0 aliphatic carbocycles. The number of esters is 1. The van der Waals surface area contributed by atoms with Gasteiger partial charge in [-0.25, -0.2) is 4.79 Å². The molecule has 1 unspecified atom stereocenters. The number of carbonyl (C=O) groups is 1. The first kappa shape index (κ1) is 17.1. The lowest BCUT2D eigenvalue weighted by atomic mass is 10.1. The third-order valence-corrected chi connectivity index (χ3v) is 2.78. The lowest BCUT2D eigenvalue weighted by molar-refractivity contribution is -0.156. The van der Waals surface area contributed by atoms with E-state index in [2.05, 4.69) is 13.5 Å². The van der Waals surface area contributed by atoms with E-state index in [1.807, 2.05) is 25.1 Å². The summed E-state index contributed by atoms with van der Waals surface area (Å²) in [6.45, 7) is 11.5. The van der Waals surface area contributed by atoms with E-state index < -0.39 is 12.3 Å². The quantitative estimate of drug-likeness (QED) is 0.414. The van der Waals surface area contributed by atoms with Gasteiger partial charge in [0.25, 0.3) is 0 Å². The van der Waals surface area contributed by atoms with Gasteiger partial charge < -0.3 is 14.2 Å². The molecule has 0 aliphatic heterocycles. The molecule has 4 heteroatoms. The predicted octanol–water partition coefficient (Wildman–Crippen LogP) is 3.88. The molecule has 0 fully saturated rings. The fraction of sp³-hybridized carbons (Fsp3) is 0.471. The Bertz CT molecular complexity index is 494. The van der Waals surface area contributed by atoms with Crippen LogP contribution in [-0.4, -0.2) is 18.9 Å². The van der Waals surface area contributed by atoms with E-state index in [-0.39, 0.29) is 0 Å². The van der Waals surface area contributed by atoms with E-state index >= 15 is 0 Å². The van der Waals surface area contributed by atoms with Crippen molar-refractivity contribution in [2.75, 3.05) is 6.61 Å². The van der Waals surface area contributed by atoms with Gasteiger partial charge in [-0.3, -0.25) is 0 Å². The molecule has 0 aromatic heterocycles. The third-order valence-electron chi connectivity index (χ3n) is 2.78. The van der Waals surface area contributed by atoms with Crippen LogP contribution < -0.4 is 9.47 Å². The summed E-state index contributed by atoms with van der Waals surface area (Å²) in [4.78, 5) is 11.4. The summed E-state index contributed by atoms with van der Waals surface area (Å²) >= 11 is 0. The van der Waals surface area contributed by atoms with Gasteiger partial charge in [-0.2, -0.15) is 0 Å². The summed E-state index contributed by atoms with van der Waals surface area (Å²) in [5, 5.41) is 0. The molecule has 0 spiro atoms. The lowest BCUT2D eigenvalue weighted by Crippen LogP contribution is -2.21. The summed E-state index contributed by atoms with van der Waals surface area (Å²) in [6, 6.07) is 5.68. The predicted molar refractivity (Wildman–Crippen MR) is 82.6 cm³/mol. The van der Waals surface area contributed by atoms with Crippen LogP contribution in [0.2, 0.25) is 0 Å². The van der Waals surface area contributed by atoms with E-state index in [4.69, 9.17) is 14.2 Å². The number of hydrogen-bond donors (Lipinski definition) is 0. The summed E-state index contributed by atoms with van der Waals surface area (Å²) in [5.41, 5.74) is 1.50. The highest BCUT2D eigenvalue weighted by Crippen LogP contribution is 2.27. The summed E-state index contributed by atoms with van der Waals surface area (Å²) < 4.78 is 16.3. The molecular weight excluding hydrogens is 268 g/mol. The molecule has 1 aromatic carbocycles. The van der Waals surface area contributed by atoms with Gasteiger partial charge in [0, 0.05) is 18.6 Å². The van der Waals surface area contributed by atoms with Crippen LogP contribution in [0.1, 0.15) is 39.7 Å². The van der Waals surface area contributed by atoms with Crippen molar-refractivity contribution >= 4 is 5.97 Å². The number of rotatable bonds is 8. The Morgan fingerprint density at radius 1 is 1.33 bits per heavy atom. The topological polar surface area (TPSA) is 44.8 Å². The van der Waals surface area contributed by atoms with Crippen LogP contribution in [0, 0.1) is 0 Å². The average Bonchev–Trinajstić information content (AvgIpc) is 2.42. The van der Waals surface area contributed by atoms with Crippen molar-refractivity contribution in [2.24, 2.45) is 0 Å². The van der Waals surface area contributed by atoms with Crippen molar-refractivity contribution in [3.05, 3.63) is 35.9 Å². The molecule has 0 saturated carbocycles. The minimum atomic E-state index is -0.680. The van der Waals surface area contributed by atoms with Crippen molar-refractivity contribution in [1.82, 2.24) is 0 Å². The minimum Gasteiger partial charge on any atom is -0.493 e. The first-order chi connectivity index (χ1) is 9.97. The fourth-order valence-corrected chi connectivity index (χ4v) is 1.84. The maximum atomic E-state index is 11.4. The molecule has 0 amide bonds. The molecule has 0 heterocycles. The summed E-state index contributed by atoms with van der Waals surface area (Å²) in [7, 11) is 0.